The van der Waals surface area contributed by atoms with Crippen molar-refractivity contribution in [2.75, 3.05) is 24.3 Å². The van der Waals surface area contributed by atoms with Gasteiger partial charge in [0.2, 0.25) is 11.7 Å². The van der Waals surface area contributed by atoms with E-state index >= 15 is 0 Å². The number of hydrogen-bond acceptors (Lipinski definition) is 4. The number of hydrogen-bond donors (Lipinski definition) is 1. The van der Waals surface area contributed by atoms with Crippen LogP contribution in [0.1, 0.15) is 15.9 Å². The third-order valence-corrected chi connectivity index (χ3v) is 3.83. The SMILES string of the molecule is C=CC(=O)Nc1ccc2c(c1)O/C(=C\c1ccc(N(C)C)cc1)C2=O. The molecule has 1 heterocycles. The van der Waals surface area contributed by atoms with E-state index in [4.69, 9.17) is 4.74 Å². The van der Waals surface area contributed by atoms with Crippen molar-refractivity contribution in [2.24, 2.45) is 0 Å². The van der Waals surface area contributed by atoms with Gasteiger partial charge in [0.15, 0.2) is 5.76 Å². The van der Waals surface area contributed by atoms with Gasteiger partial charge in [0, 0.05) is 31.5 Å². The highest BCUT2D eigenvalue weighted by Gasteiger charge is 2.27. The summed E-state index contributed by atoms with van der Waals surface area (Å²) in [6.45, 7) is 3.41. The summed E-state index contributed by atoms with van der Waals surface area (Å²) < 4.78 is 5.68. The van der Waals surface area contributed by atoms with Gasteiger partial charge in [-0.1, -0.05) is 18.7 Å². The Balaban J connectivity index is 1.84. The zero-order chi connectivity index (χ0) is 18.0. The summed E-state index contributed by atoms with van der Waals surface area (Å²) in [5.74, 6) is 0.206. The molecule has 2 aromatic rings. The van der Waals surface area contributed by atoms with Crippen molar-refractivity contribution >= 4 is 29.1 Å². The van der Waals surface area contributed by atoms with Crippen molar-refractivity contribution in [1.82, 2.24) is 0 Å². The Labute approximate surface area is 146 Å². The minimum absolute atomic E-state index is 0.173. The molecule has 1 amide bonds. The van der Waals surface area contributed by atoms with Crippen LogP contribution >= 0.6 is 0 Å². The fraction of sp³-hybridized carbons (Fsp3) is 0.100. The highest BCUT2D eigenvalue weighted by Crippen LogP contribution is 2.34. The van der Waals surface area contributed by atoms with Gasteiger partial charge in [0.25, 0.3) is 0 Å². The number of nitrogens with one attached hydrogen (secondary N) is 1. The monoisotopic (exact) mass is 334 g/mol. The Morgan fingerprint density at radius 2 is 1.88 bits per heavy atom. The highest BCUT2D eigenvalue weighted by molar-refractivity contribution is 6.15. The minimum atomic E-state index is -0.318. The molecular formula is C20H18N2O3. The van der Waals surface area contributed by atoms with Crippen molar-refractivity contribution in [3.05, 3.63) is 72.0 Å². The molecule has 1 N–H and O–H groups in total. The van der Waals surface area contributed by atoms with Crippen molar-refractivity contribution in [1.29, 1.82) is 0 Å². The molecule has 5 heteroatoms. The molecule has 0 spiro atoms. The summed E-state index contributed by atoms with van der Waals surface area (Å²) in [5.41, 5.74) is 2.98. The van der Waals surface area contributed by atoms with Crippen molar-refractivity contribution < 1.29 is 14.3 Å². The van der Waals surface area contributed by atoms with Crippen LogP contribution in [-0.4, -0.2) is 25.8 Å². The lowest BCUT2D eigenvalue weighted by Gasteiger charge is -2.11. The third-order valence-electron chi connectivity index (χ3n) is 3.83. The highest BCUT2D eigenvalue weighted by atomic mass is 16.5. The molecule has 0 saturated heterocycles. The van der Waals surface area contributed by atoms with Crippen LogP contribution in [0.15, 0.2) is 60.9 Å². The number of allylic oxidation sites excluding steroid dienone is 1. The van der Waals surface area contributed by atoms with E-state index in [0.717, 1.165) is 11.3 Å². The van der Waals surface area contributed by atoms with E-state index in [1.165, 1.54) is 6.08 Å². The number of ketones is 1. The van der Waals surface area contributed by atoms with Gasteiger partial charge in [0.05, 0.1) is 5.56 Å². The smallest absolute Gasteiger partial charge is 0.247 e. The average molecular weight is 334 g/mol. The van der Waals surface area contributed by atoms with Crippen LogP contribution in [0.4, 0.5) is 11.4 Å². The second kappa shape index (κ2) is 6.65. The number of fused-ring (bicyclic) bond motifs is 1. The second-order valence-corrected chi connectivity index (χ2v) is 5.83. The molecule has 1 aliphatic rings. The number of amides is 1. The Bertz CT molecular complexity index is 880. The fourth-order valence-electron chi connectivity index (χ4n) is 2.48. The average Bonchev–Trinajstić information content (AvgIpc) is 2.90. The number of carbonyl (C=O) groups is 2. The molecule has 0 aromatic heterocycles. The first-order valence-corrected chi connectivity index (χ1v) is 7.77. The second-order valence-electron chi connectivity index (χ2n) is 5.83. The molecule has 0 unspecified atom stereocenters. The molecule has 3 rings (SSSR count). The van der Waals surface area contributed by atoms with Crippen molar-refractivity contribution in [3.8, 4) is 5.75 Å². The lowest BCUT2D eigenvalue weighted by atomic mass is 10.1. The van der Waals surface area contributed by atoms with Gasteiger partial charge in [-0.3, -0.25) is 9.59 Å². The number of nitrogens with zero attached hydrogens (tertiary/aromatic N) is 1. The van der Waals surface area contributed by atoms with Crippen LogP contribution in [-0.2, 0) is 4.79 Å². The number of Topliss-reactive ketones (excluding diaryl/α,β-unsaturated/α-hetero) is 1. The predicted molar refractivity (Wildman–Crippen MR) is 99.0 cm³/mol. The van der Waals surface area contributed by atoms with E-state index in [1.807, 2.05) is 43.3 Å². The summed E-state index contributed by atoms with van der Waals surface area (Å²) in [4.78, 5) is 25.8. The van der Waals surface area contributed by atoms with Gasteiger partial charge < -0.3 is 15.0 Å². The molecule has 25 heavy (non-hydrogen) atoms. The maximum Gasteiger partial charge on any atom is 0.247 e. The number of ether oxygens (including phenoxy) is 1. The van der Waals surface area contributed by atoms with Crippen LogP contribution in [0.3, 0.4) is 0 Å². The normalized spacial score (nSPS) is 14.0. The molecule has 0 fully saturated rings. The standard InChI is InChI=1S/C20H18N2O3/c1-4-19(23)21-14-7-10-16-17(12-14)25-18(20(16)24)11-13-5-8-15(9-6-13)22(2)3/h4-12H,1H2,2-3H3,(H,21,23)/b18-11-. The molecule has 0 aliphatic carbocycles. The topological polar surface area (TPSA) is 58.6 Å². The lowest BCUT2D eigenvalue weighted by molar-refractivity contribution is -0.111. The van der Waals surface area contributed by atoms with E-state index in [1.54, 1.807) is 24.3 Å². The van der Waals surface area contributed by atoms with E-state index in [-0.39, 0.29) is 17.4 Å². The Morgan fingerprint density at radius 3 is 2.52 bits per heavy atom. The number of anilines is 2. The summed E-state index contributed by atoms with van der Waals surface area (Å²) in [7, 11) is 3.94. The zero-order valence-corrected chi connectivity index (χ0v) is 14.1. The van der Waals surface area contributed by atoms with E-state index in [9.17, 15) is 9.59 Å². The maximum atomic E-state index is 12.5. The molecule has 2 aromatic carbocycles. The maximum absolute atomic E-state index is 12.5. The van der Waals surface area contributed by atoms with Crippen LogP contribution < -0.4 is 15.0 Å². The van der Waals surface area contributed by atoms with E-state index < -0.39 is 0 Å². The van der Waals surface area contributed by atoms with Crippen molar-refractivity contribution in [3.63, 3.8) is 0 Å². The summed E-state index contributed by atoms with van der Waals surface area (Å²) >= 11 is 0. The molecule has 0 saturated carbocycles. The van der Waals surface area contributed by atoms with Gasteiger partial charge in [-0.05, 0) is 42.0 Å². The molecule has 0 atom stereocenters. The molecule has 0 bridgehead atoms. The number of rotatable bonds is 4. The van der Waals surface area contributed by atoms with Gasteiger partial charge in [0.1, 0.15) is 5.75 Å². The largest absolute Gasteiger partial charge is 0.452 e. The van der Waals surface area contributed by atoms with Crippen molar-refractivity contribution in [2.45, 2.75) is 0 Å². The van der Waals surface area contributed by atoms with Crippen LogP contribution in [0.25, 0.3) is 6.08 Å². The molecule has 5 nitrogen and oxygen atoms in total. The Kier molecular flexibility index (Phi) is 4.39. The molecular weight excluding hydrogens is 316 g/mol. The van der Waals surface area contributed by atoms with Gasteiger partial charge in [-0.15, -0.1) is 0 Å². The van der Waals surface area contributed by atoms with Gasteiger partial charge >= 0.3 is 0 Å². The Morgan fingerprint density at radius 1 is 1.16 bits per heavy atom. The summed E-state index contributed by atoms with van der Waals surface area (Å²) in [6, 6.07) is 12.7. The first-order valence-electron chi connectivity index (χ1n) is 7.77. The number of benzene rings is 2. The fourth-order valence-corrected chi connectivity index (χ4v) is 2.48. The lowest BCUT2D eigenvalue weighted by Crippen LogP contribution is -2.08. The number of carbonyl (C=O) groups excluding carboxylic acids is 2. The minimum Gasteiger partial charge on any atom is -0.452 e. The summed E-state index contributed by atoms with van der Waals surface area (Å²) in [5, 5.41) is 2.65. The summed E-state index contributed by atoms with van der Waals surface area (Å²) in [6.07, 6.45) is 2.89. The van der Waals surface area contributed by atoms with Gasteiger partial charge in [-0.2, -0.15) is 0 Å². The van der Waals surface area contributed by atoms with Gasteiger partial charge in [-0.25, -0.2) is 0 Å². The third kappa shape index (κ3) is 3.45. The quantitative estimate of drug-likeness (QED) is 0.870. The molecule has 1 aliphatic heterocycles. The molecule has 0 radical (unpaired) electrons. The Hall–Kier alpha value is -3.34. The predicted octanol–water partition coefficient (Wildman–Crippen LogP) is 3.49. The first-order chi connectivity index (χ1) is 12.0. The van der Waals surface area contributed by atoms with Crippen LogP contribution in [0.2, 0.25) is 0 Å². The zero-order valence-electron chi connectivity index (χ0n) is 14.1. The van der Waals surface area contributed by atoms with E-state index in [2.05, 4.69) is 11.9 Å². The first kappa shape index (κ1) is 16.5. The van der Waals surface area contributed by atoms with E-state index in [0.29, 0.717) is 17.0 Å². The van der Waals surface area contributed by atoms with Crippen LogP contribution in [0, 0.1) is 0 Å². The van der Waals surface area contributed by atoms with Crippen LogP contribution in [0.5, 0.6) is 5.75 Å². The molecule has 126 valence electrons.